The highest BCUT2D eigenvalue weighted by Crippen LogP contribution is 2.33. The Labute approximate surface area is 133 Å². The third-order valence-corrected chi connectivity index (χ3v) is 4.13. The molecule has 5 heteroatoms. The van der Waals surface area contributed by atoms with Crippen LogP contribution in [0.2, 0.25) is 0 Å². The predicted octanol–water partition coefficient (Wildman–Crippen LogP) is 2.27. The number of carbonyl (C=O) groups is 1. The van der Waals surface area contributed by atoms with Gasteiger partial charge in [0.05, 0.1) is 18.8 Å². The molecule has 2 atom stereocenters. The van der Waals surface area contributed by atoms with Crippen molar-refractivity contribution < 1.29 is 19.4 Å². The highest BCUT2D eigenvalue weighted by molar-refractivity contribution is 5.95. The fourth-order valence-electron chi connectivity index (χ4n) is 3.04. The standard InChI is InChI=1S/C18H18FNO3/c19-15-6-2-4-13(8-15)17-9-16(22)10-20(17)18(23)14-5-1-3-12(7-14)11-21/h1-8,16-17,21-22H,9-11H2. The lowest BCUT2D eigenvalue weighted by Gasteiger charge is -2.25. The van der Waals surface area contributed by atoms with E-state index in [-0.39, 0.29) is 30.9 Å². The van der Waals surface area contributed by atoms with E-state index >= 15 is 0 Å². The van der Waals surface area contributed by atoms with E-state index in [1.165, 1.54) is 12.1 Å². The number of β-amino-alcohol motifs (C(OH)–C–C–N with tert-alkyl or cyclic N) is 1. The molecule has 2 aromatic rings. The Morgan fingerprint density at radius 1 is 1.22 bits per heavy atom. The van der Waals surface area contributed by atoms with E-state index in [9.17, 15) is 19.4 Å². The van der Waals surface area contributed by atoms with Gasteiger partial charge in [0.2, 0.25) is 0 Å². The molecule has 2 aromatic carbocycles. The molecule has 0 bridgehead atoms. The van der Waals surface area contributed by atoms with Gasteiger partial charge in [-0.3, -0.25) is 4.79 Å². The Morgan fingerprint density at radius 2 is 2.00 bits per heavy atom. The number of rotatable bonds is 3. The van der Waals surface area contributed by atoms with Crippen molar-refractivity contribution in [1.29, 1.82) is 0 Å². The number of nitrogens with zero attached hydrogens (tertiary/aromatic N) is 1. The first-order valence-corrected chi connectivity index (χ1v) is 7.53. The van der Waals surface area contributed by atoms with Crippen LogP contribution in [0.25, 0.3) is 0 Å². The number of halogens is 1. The molecule has 1 amide bonds. The molecule has 23 heavy (non-hydrogen) atoms. The molecular formula is C18H18FNO3. The Kier molecular flexibility index (Phi) is 4.41. The van der Waals surface area contributed by atoms with Crippen molar-refractivity contribution in [2.75, 3.05) is 6.54 Å². The molecule has 0 radical (unpaired) electrons. The second-order valence-corrected chi connectivity index (χ2v) is 5.78. The number of likely N-dealkylation sites (tertiary alicyclic amines) is 1. The van der Waals surface area contributed by atoms with Gasteiger partial charge in [0.25, 0.3) is 5.91 Å². The van der Waals surface area contributed by atoms with Crippen molar-refractivity contribution in [3.63, 3.8) is 0 Å². The van der Waals surface area contributed by atoms with Crippen molar-refractivity contribution in [3.8, 4) is 0 Å². The lowest BCUT2D eigenvalue weighted by atomic mass is 10.0. The number of aliphatic hydroxyl groups excluding tert-OH is 2. The maximum absolute atomic E-state index is 13.5. The first-order chi connectivity index (χ1) is 11.1. The van der Waals surface area contributed by atoms with Crippen LogP contribution < -0.4 is 0 Å². The van der Waals surface area contributed by atoms with E-state index in [2.05, 4.69) is 0 Å². The van der Waals surface area contributed by atoms with Gasteiger partial charge >= 0.3 is 0 Å². The summed E-state index contributed by atoms with van der Waals surface area (Å²) >= 11 is 0. The van der Waals surface area contributed by atoms with E-state index in [0.29, 0.717) is 23.1 Å². The molecule has 1 heterocycles. The molecule has 0 spiro atoms. The number of carbonyl (C=O) groups excluding carboxylic acids is 1. The summed E-state index contributed by atoms with van der Waals surface area (Å²) in [6.07, 6.45) is -0.247. The van der Waals surface area contributed by atoms with Gasteiger partial charge in [0, 0.05) is 12.1 Å². The smallest absolute Gasteiger partial charge is 0.254 e. The second kappa shape index (κ2) is 6.48. The zero-order valence-corrected chi connectivity index (χ0v) is 12.5. The fraction of sp³-hybridized carbons (Fsp3) is 0.278. The zero-order valence-electron chi connectivity index (χ0n) is 12.5. The summed E-state index contributed by atoms with van der Waals surface area (Å²) < 4.78 is 13.5. The Hall–Kier alpha value is -2.24. The summed E-state index contributed by atoms with van der Waals surface area (Å²) in [5.74, 6) is -0.593. The van der Waals surface area contributed by atoms with Crippen LogP contribution in [0, 0.1) is 5.82 Å². The molecule has 1 aliphatic heterocycles. The molecule has 1 aliphatic rings. The fourth-order valence-corrected chi connectivity index (χ4v) is 3.04. The van der Waals surface area contributed by atoms with Gasteiger partial charge in [0.15, 0.2) is 0 Å². The largest absolute Gasteiger partial charge is 0.392 e. The van der Waals surface area contributed by atoms with Crippen LogP contribution in [0.1, 0.15) is 33.9 Å². The van der Waals surface area contributed by atoms with E-state index in [1.807, 2.05) is 0 Å². The molecule has 2 unspecified atom stereocenters. The maximum Gasteiger partial charge on any atom is 0.254 e. The van der Waals surface area contributed by atoms with Gasteiger partial charge in [-0.2, -0.15) is 0 Å². The van der Waals surface area contributed by atoms with Crippen LogP contribution >= 0.6 is 0 Å². The molecule has 3 rings (SSSR count). The topological polar surface area (TPSA) is 60.8 Å². The highest BCUT2D eigenvalue weighted by Gasteiger charge is 2.35. The van der Waals surface area contributed by atoms with Gasteiger partial charge in [0.1, 0.15) is 5.82 Å². The number of aliphatic hydroxyl groups is 2. The highest BCUT2D eigenvalue weighted by atomic mass is 19.1. The number of benzene rings is 2. The van der Waals surface area contributed by atoms with E-state index in [0.717, 1.165) is 0 Å². The SMILES string of the molecule is O=C(c1cccc(CO)c1)N1CC(O)CC1c1cccc(F)c1. The molecular weight excluding hydrogens is 297 g/mol. The lowest BCUT2D eigenvalue weighted by molar-refractivity contribution is 0.0715. The Morgan fingerprint density at radius 3 is 2.74 bits per heavy atom. The van der Waals surface area contributed by atoms with E-state index in [1.54, 1.807) is 41.3 Å². The van der Waals surface area contributed by atoms with Crippen molar-refractivity contribution in [2.45, 2.75) is 25.2 Å². The van der Waals surface area contributed by atoms with Crippen molar-refractivity contribution in [3.05, 3.63) is 71.0 Å². The van der Waals surface area contributed by atoms with Crippen LogP contribution in [0.5, 0.6) is 0 Å². The van der Waals surface area contributed by atoms with Crippen LogP contribution in [0.15, 0.2) is 48.5 Å². The van der Waals surface area contributed by atoms with Crippen molar-refractivity contribution in [1.82, 2.24) is 4.90 Å². The normalized spacial score (nSPS) is 20.7. The monoisotopic (exact) mass is 315 g/mol. The van der Waals surface area contributed by atoms with Crippen LogP contribution in [-0.2, 0) is 6.61 Å². The van der Waals surface area contributed by atoms with Crippen LogP contribution in [0.4, 0.5) is 4.39 Å². The van der Waals surface area contributed by atoms with Crippen molar-refractivity contribution in [2.24, 2.45) is 0 Å². The molecule has 120 valence electrons. The second-order valence-electron chi connectivity index (χ2n) is 5.78. The first-order valence-electron chi connectivity index (χ1n) is 7.53. The molecule has 2 N–H and O–H groups in total. The molecule has 0 aliphatic carbocycles. The van der Waals surface area contributed by atoms with E-state index < -0.39 is 6.10 Å². The summed E-state index contributed by atoms with van der Waals surface area (Å²) in [6, 6.07) is 12.5. The molecule has 0 saturated carbocycles. The van der Waals surface area contributed by atoms with Crippen LogP contribution in [0.3, 0.4) is 0 Å². The molecule has 4 nitrogen and oxygen atoms in total. The predicted molar refractivity (Wildman–Crippen MR) is 83.2 cm³/mol. The third kappa shape index (κ3) is 3.25. The molecule has 1 fully saturated rings. The zero-order chi connectivity index (χ0) is 16.4. The van der Waals surface area contributed by atoms with Gasteiger partial charge in [-0.05, 0) is 41.8 Å². The van der Waals surface area contributed by atoms with Gasteiger partial charge < -0.3 is 15.1 Å². The first kappa shape index (κ1) is 15.6. The van der Waals surface area contributed by atoms with Crippen molar-refractivity contribution >= 4 is 5.91 Å². The Balaban J connectivity index is 1.91. The molecule has 0 aromatic heterocycles. The minimum atomic E-state index is -0.631. The minimum absolute atomic E-state index is 0.142. The maximum atomic E-state index is 13.5. The van der Waals surface area contributed by atoms with Crippen LogP contribution in [-0.4, -0.2) is 33.7 Å². The number of hydrogen-bond acceptors (Lipinski definition) is 3. The Bertz CT molecular complexity index is 719. The third-order valence-electron chi connectivity index (χ3n) is 4.13. The van der Waals surface area contributed by atoms with E-state index in [4.69, 9.17) is 0 Å². The summed E-state index contributed by atoms with van der Waals surface area (Å²) in [4.78, 5) is 14.3. The minimum Gasteiger partial charge on any atom is -0.392 e. The van der Waals surface area contributed by atoms with Gasteiger partial charge in [-0.1, -0.05) is 24.3 Å². The van der Waals surface area contributed by atoms with Gasteiger partial charge in [-0.25, -0.2) is 4.39 Å². The summed E-state index contributed by atoms with van der Waals surface area (Å²) in [5, 5.41) is 19.2. The van der Waals surface area contributed by atoms with Gasteiger partial charge in [-0.15, -0.1) is 0 Å². The average Bonchev–Trinajstić information content (AvgIpc) is 2.96. The quantitative estimate of drug-likeness (QED) is 0.913. The number of hydrogen-bond donors (Lipinski definition) is 2. The molecule has 1 saturated heterocycles. The summed E-state index contributed by atoms with van der Waals surface area (Å²) in [7, 11) is 0. The number of amides is 1. The summed E-state index contributed by atoms with van der Waals surface area (Å²) in [6.45, 7) is 0.0699. The lowest BCUT2D eigenvalue weighted by Crippen LogP contribution is -2.31. The average molecular weight is 315 g/mol. The summed E-state index contributed by atoms with van der Waals surface area (Å²) in [5.41, 5.74) is 1.78.